The van der Waals surface area contributed by atoms with E-state index in [-0.39, 0.29) is 18.2 Å². The summed E-state index contributed by atoms with van der Waals surface area (Å²) >= 11 is 1.48. The number of carbonyl (C=O) groups excluding carboxylic acids is 3. The van der Waals surface area contributed by atoms with Gasteiger partial charge in [0.2, 0.25) is 5.91 Å². The molecule has 1 spiro atoms. The van der Waals surface area contributed by atoms with E-state index in [0.717, 1.165) is 10.6 Å². The van der Waals surface area contributed by atoms with E-state index in [4.69, 9.17) is 9.57 Å². The second-order valence-corrected chi connectivity index (χ2v) is 9.01. The van der Waals surface area contributed by atoms with Crippen molar-refractivity contribution < 1.29 is 24.0 Å². The minimum Gasteiger partial charge on any atom is -0.469 e. The molecule has 1 atom stereocenters. The molecule has 2 amide bonds. The van der Waals surface area contributed by atoms with Crippen LogP contribution in [0.25, 0.3) is 0 Å². The van der Waals surface area contributed by atoms with Crippen LogP contribution in [0.4, 0.5) is 0 Å². The Balaban J connectivity index is 1.46. The SMILES string of the molecule is CCON1C(=O)CC(C(=O)OC)C12CCN(C(=O)c1csc(Cc3ccccc3)n1)CC2. The number of piperidine rings is 1. The van der Waals surface area contributed by atoms with Gasteiger partial charge >= 0.3 is 5.97 Å². The first-order valence-electron chi connectivity index (χ1n) is 10.8. The summed E-state index contributed by atoms with van der Waals surface area (Å²) in [7, 11) is 1.33. The van der Waals surface area contributed by atoms with Gasteiger partial charge in [0.25, 0.3) is 5.91 Å². The summed E-state index contributed by atoms with van der Waals surface area (Å²) in [5, 5.41) is 4.06. The van der Waals surface area contributed by atoms with Crippen molar-refractivity contribution in [1.82, 2.24) is 14.9 Å². The molecule has 3 heterocycles. The molecule has 4 rings (SSSR count). The van der Waals surface area contributed by atoms with Gasteiger partial charge in [-0.3, -0.25) is 19.2 Å². The zero-order valence-electron chi connectivity index (χ0n) is 18.3. The second kappa shape index (κ2) is 9.38. The summed E-state index contributed by atoms with van der Waals surface area (Å²) in [5.41, 5.74) is 0.805. The molecule has 1 aromatic heterocycles. The second-order valence-electron chi connectivity index (χ2n) is 8.07. The van der Waals surface area contributed by atoms with E-state index >= 15 is 0 Å². The highest BCUT2D eigenvalue weighted by atomic mass is 32.1. The van der Waals surface area contributed by atoms with E-state index in [2.05, 4.69) is 4.98 Å². The van der Waals surface area contributed by atoms with E-state index in [0.29, 0.717) is 44.7 Å². The van der Waals surface area contributed by atoms with Crippen molar-refractivity contribution in [1.29, 1.82) is 0 Å². The zero-order chi connectivity index (χ0) is 22.7. The quantitative estimate of drug-likeness (QED) is 0.620. The molecule has 1 aromatic carbocycles. The lowest BCUT2D eigenvalue weighted by molar-refractivity contribution is -0.220. The minimum atomic E-state index is -0.780. The van der Waals surface area contributed by atoms with E-state index < -0.39 is 17.4 Å². The molecule has 0 bridgehead atoms. The van der Waals surface area contributed by atoms with Crippen LogP contribution >= 0.6 is 11.3 Å². The van der Waals surface area contributed by atoms with E-state index in [9.17, 15) is 14.4 Å². The molecular weight excluding hydrogens is 430 g/mol. The molecule has 2 aromatic rings. The normalized spacial score (nSPS) is 20.1. The molecule has 1 unspecified atom stereocenters. The largest absolute Gasteiger partial charge is 0.469 e. The summed E-state index contributed by atoms with van der Waals surface area (Å²) in [4.78, 5) is 50.0. The van der Waals surface area contributed by atoms with Crippen molar-refractivity contribution in [3.8, 4) is 0 Å². The fourth-order valence-corrected chi connectivity index (χ4v) is 5.49. The zero-order valence-corrected chi connectivity index (χ0v) is 19.1. The Hall–Kier alpha value is -2.78. The van der Waals surface area contributed by atoms with Crippen LogP contribution in [0, 0.1) is 5.92 Å². The summed E-state index contributed by atoms with van der Waals surface area (Å²) in [6, 6.07) is 10.0. The molecule has 170 valence electrons. The average Bonchev–Trinajstić information content (AvgIpc) is 3.38. The fraction of sp³-hybridized carbons (Fsp3) is 0.478. The predicted octanol–water partition coefficient (Wildman–Crippen LogP) is 2.68. The number of methoxy groups -OCH3 is 1. The van der Waals surface area contributed by atoms with Gasteiger partial charge in [0.15, 0.2) is 0 Å². The van der Waals surface area contributed by atoms with Crippen molar-refractivity contribution in [2.24, 2.45) is 5.92 Å². The molecule has 32 heavy (non-hydrogen) atoms. The summed E-state index contributed by atoms with van der Waals surface area (Å²) < 4.78 is 4.97. The van der Waals surface area contributed by atoms with E-state index in [1.807, 2.05) is 30.3 Å². The van der Waals surface area contributed by atoms with Gasteiger partial charge in [-0.2, -0.15) is 0 Å². The molecule has 2 saturated heterocycles. The number of nitrogens with zero attached hydrogens (tertiary/aromatic N) is 3. The molecular formula is C23H27N3O5S. The first kappa shape index (κ1) is 22.4. The van der Waals surface area contributed by atoms with Gasteiger partial charge in [0, 0.05) is 31.3 Å². The van der Waals surface area contributed by atoms with Crippen LogP contribution in [-0.4, -0.2) is 65.1 Å². The topological polar surface area (TPSA) is 89.0 Å². The van der Waals surface area contributed by atoms with Crippen molar-refractivity contribution in [2.75, 3.05) is 26.8 Å². The molecule has 2 aliphatic heterocycles. The molecule has 0 radical (unpaired) electrons. The molecule has 0 N–H and O–H groups in total. The highest BCUT2D eigenvalue weighted by molar-refractivity contribution is 7.09. The van der Waals surface area contributed by atoms with Crippen LogP contribution in [0.15, 0.2) is 35.7 Å². The maximum absolute atomic E-state index is 13.1. The first-order valence-corrected chi connectivity index (χ1v) is 11.7. The molecule has 0 aliphatic carbocycles. The van der Waals surface area contributed by atoms with Gasteiger partial charge in [-0.05, 0) is 25.3 Å². The van der Waals surface area contributed by atoms with Gasteiger partial charge in [-0.1, -0.05) is 30.3 Å². The Morgan fingerprint density at radius 2 is 1.94 bits per heavy atom. The number of hydrogen-bond donors (Lipinski definition) is 0. The van der Waals surface area contributed by atoms with E-state index in [1.165, 1.54) is 23.5 Å². The van der Waals surface area contributed by atoms with Gasteiger partial charge in [-0.15, -0.1) is 11.3 Å². The highest BCUT2D eigenvalue weighted by Gasteiger charge is 2.58. The van der Waals surface area contributed by atoms with Gasteiger partial charge in [0.05, 0.1) is 30.2 Å². The lowest BCUT2D eigenvalue weighted by Crippen LogP contribution is -2.58. The third kappa shape index (κ3) is 4.14. The van der Waals surface area contributed by atoms with Crippen molar-refractivity contribution in [3.05, 3.63) is 52.0 Å². The maximum atomic E-state index is 13.1. The Kier molecular flexibility index (Phi) is 6.57. The molecule has 0 saturated carbocycles. The highest BCUT2D eigenvalue weighted by Crippen LogP contribution is 2.44. The number of rotatable bonds is 6. The average molecular weight is 458 g/mol. The number of amides is 2. The van der Waals surface area contributed by atoms with Crippen LogP contribution in [0.1, 0.15) is 47.2 Å². The number of hydrogen-bond acceptors (Lipinski definition) is 7. The number of hydroxylamine groups is 2. The monoisotopic (exact) mass is 457 g/mol. The summed E-state index contributed by atoms with van der Waals surface area (Å²) in [6.45, 7) is 2.96. The minimum absolute atomic E-state index is 0.0650. The van der Waals surface area contributed by atoms with Crippen molar-refractivity contribution in [2.45, 2.75) is 38.1 Å². The number of ether oxygens (including phenoxy) is 1. The molecule has 2 aliphatic rings. The van der Waals surface area contributed by atoms with Crippen molar-refractivity contribution >= 4 is 29.1 Å². The Labute approximate surface area is 191 Å². The maximum Gasteiger partial charge on any atom is 0.311 e. The van der Waals surface area contributed by atoms with Crippen LogP contribution in [-0.2, 0) is 25.6 Å². The number of esters is 1. The third-order valence-electron chi connectivity index (χ3n) is 6.29. The van der Waals surface area contributed by atoms with Crippen molar-refractivity contribution in [3.63, 3.8) is 0 Å². The summed E-state index contributed by atoms with van der Waals surface area (Å²) in [5.74, 6) is -1.35. The summed E-state index contributed by atoms with van der Waals surface area (Å²) in [6.07, 6.45) is 1.65. The van der Waals surface area contributed by atoms with Gasteiger partial charge in [0.1, 0.15) is 5.69 Å². The molecule has 2 fully saturated rings. The van der Waals surface area contributed by atoms with E-state index in [1.54, 1.807) is 17.2 Å². The predicted molar refractivity (Wildman–Crippen MR) is 118 cm³/mol. The fourth-order valence-electron chi connectivity index (χ4n) is 4.68. The number of aromatic nitrogens is 1. The first-order chi connectivity index (χ1) is 15.5. The Morgan fingerprint density at radius 3 is 2.59 bits per heavy atom. The van der Waals surface area contributed by atoms with Gasteiger partial charge in [-0.25, -0.2) is 10.0 Å². The molecule has 9 heteroatoms. The molecule has 8 nitrogen and oxygen atoms in total. The van der Waals surface area contributed by atoms with Crippen LogP contribution in [0.2, 0.25) is 0 Å². The number of benzene rings is 1. The standard InChI is InChI=1S/C23H27N3O5S/c1-3-31-26-20(27)14-17(22(29)30-2)23(26)9-11-25(12-10-23)21(28)18-15-32-19(24-18)13-16-7-5-4-6-8-16/h4-8,15,17H,3,9-14H2,1-2H3. The van der Waals surface area contributed by atoms with Crippen LogP contribution < -0.4 is 0 Å². The lowest BCUT2D eigenvalue weighted by Gasteiger charge is -2.45. The van der Waals surface area contributed by atoms with Crippen LogP contribution in [0.5, 0.6) is 0 Å². The Morgan fingerprint density at radius 1 is 1.22 bits per heavy atom. The Bertz CT molecular complexity index is 985. The smallest absolute Gasteiger partial charge is 0.311 e. The third-order valence-corrected chi connectivity index (χ3v) is 7.14. The number of likely N-dealkylation sites (tertiary alicyclic amines) is 1. The number of thiazole rings is 1. The number of carbonyl (C=O) groups is 3. The van der Waals surface area contributed by atoms with Crippen LogP contribution in [0.3, 0.4) is 0 Å². The lowest BCUT2D eigenvalue weighted by atomic mass is 9.77. The van der Waals surface area contributed by atoms with Gasteiger partial charge < -0.3 is 9.64 Å².